The van der Waals surface area contributed by atoms with E-state index in [1.54, 1.807) is 6.92 Å². The number of hydrogen-bond acceptors (Lipinski definition) is 3. The Hall–Kier alpha value is -1.39. The Labute approximate surface area is 120 Å². The molecule has 1 atom stereocenters. The van der Waals surface area contributed by atoms with Crippen LogP contribution in [-0.2, 0) is 14.9 Å². The smallest absolute Gasteiger partial charge is 0.315 e. The van der Waals surface area contributed by atoms with Crippen LogP contribution in [0.15, 0.2) is 30.3 Å². The van der Waals surface area contributed by atoms with Gasteiger partial charge in [0.25, 0.3) is 0 Å². The van der Waals surface area contributed by atoms with Gasteiger partial charge in [0, 0.05) is 19.6 Å². The number of carbonyl (C=O) groups is 1. The molecule has 1 fully saturated rings. The molecular formula is C16H23NO3. The topological polar surface area (TPSA) is 49.8 Å². The van der Waals surface area contributed by atoms with Crippen LogP contribution in [0.5, 0.6) is 0 Å². The molecular weight excluding hydrogens is 254 g/mol. The monoisotopic (exact) mass is 277 g/mol. The summed E-state index contributed by atoms with van der Waals surface area (Å²) in [5, 5.41) is 9.69. The molecule has 0 aromatic heterocycles. The fourth-order valence-corrected chi connectivity index (χ4v) is 2.78. The minimum Gasteiger partial charge on any atom is -0.481 e. The highest BCUT2D eigenvalue weighted by molar-refractivity contribution is 5.81. The number of ether oxygens (including phenoxy) is 1. The number of nitrogens with zero attached hydrogens (tertiary/aromatic N) is 1. The summed E-state index contributed by atoms with van der Waals surface area (Å²) < 4.78 is 5.69. The summed E-state index contributed by atoms with van der Waals surface area (Å²) >= 11 is 0. The molecule has 2 rings (SSSR count). The van der Waals surface area contributed by atoms with E-state index in [1.807, 2.05) is 44.2 Å². The van der Waals surface area contributed by atoms with Gasteiger partial charge >= 0.3 is 5.97 Å². The van der Waals surface area contributed by atoms with Crippen LogP contribution in [0.4, 0.5) is 0 Å². The Kier molecular flexibility index (Phi) is 4.16. The molecule has 4 heteroatoms. The first-order valence-electron chi connectivity index (χ1n) is 6.99. The number of carboxylic acid groups (broad SMARTS) is 1. The maximum atomic E-state index is 11.8. The molecule has 1 N–H and O–H groups in total. The van der Waals surface area contributed by atoms with E-state index in [4.69, 9.17) is 4.74 Å². The van der Waals surface area contributed by atoms with Crippen molar-refractivity contribution in [2.75, 3.05) is 26.2 Å². The highest BCUT2D eigenvalue weighted by atomic mass is 16.5. The van der Waals surface area contributed by atoms with Crippen molar-refractivity contribution in [2.24, 2.45) is 0 Å². The Bertz CT molecular complexity index is 472. The zero-order chi connectivity index (χ0) is 14.8. The summed E-state index contributed by atoms with van der Waals surface area (Å²) in [6.45, 7) is 8.56. The average molecular weight is 277 g/mol. The quantitative estimate of drug-likeness (QED) is 0.916. The Morgan fingerprint density at radius 3 is 2.60 bits per heavy atom. The second kappa shape index (κ2) is 5.54. The molecule has 0 amide bonds. The molecule has 1 aliphatic heterocycles. The van der Waals surface area contributed by atoms with Crippen LogP contribution >= 0.6 is 0 Å². The van der Waals surface area contributed by atoms with Crippen LogP contribution in [0.25, 0.3) is 0 Å². The van der Waals surface area contributed by atoms with Gasteiger partial charge in [0.2, 0.25) is 0 Å². The third kappa shape index (κ3) is 3.19. The first kappa shape index (κ1) is 15.0. The largest absolute Gasteiger partial charge is 0.481 e. The van der Waals surface area contributed by atoms with Crippen molar-refractivity contribution >= 4 is 5.97 Å². The fraction of sp³-hybridized carbons (Fsp3) is 0.562. The van der Waals surface area contributed by atoms with E-state index in [9.17, 15) is 9.90 Å². The number of carboxylic acids is 1. The van der Waals surface area contributed by atoms with Gasteiger partial charge in [0.1, 0.15) is 5.41 Å². The van der Waals surface area contributed by atoms with Gasteiger partial charge in [-0.25, -0.2) is 0 Å². The average Bonchev–Trinajstić information content (AvgIpc) is 2.38. The van der Waals surface area contributed by atoms with Crippen molar-refractivity contribution < 1.29 is 14.6 Å². The van der Waals surface area contributed by atoms with Crippen molar-refractivity contribution in [3.05, 3.63) is 35.9 Å². The number of aliphatic carboxylic acids is 1. The molecule has 0 spiro atoms. The van der Waals surface area contributed by atoms with E-state index >= 15 is 0 Å². The van der Waals surface area contributed by atoms with Crippen molar-refractivity contribution in [2.45, 2.75) is 31.8 Å². The molecule has 4 nitrogen and oxygen atoms in total. The molecule has 20 heavy (non-hydrogen) atoms. The Morgan fingerprint density at radius 1 is 1.40 bits per heavy atom. The lowest BCUT2D eigenvalue weighted by Gasteiger charge is -2.41. The molecule has 1 aromatic rings. The van der Waals surface area contributed by atoms with Crippen LogP contribution in [-0.4, -0.2) is 47.8 Å². The molecule has 0 bridgehead atoms. The Morgan fingerprint density at radius 2 is 2.05 bits per heavy atom. The van der Waals surface area contributed by atoms with Gasteiger partial charge in [-0.15, -0.1) is 0 Å². The molecule has 110 valence electrons. The maximum absolute atomic E-state index is 11.8. The van der Waals surface area contributed by atoms with E-state index < -0.39 is 11.4 Å². The molecule has 1 heterocycles. The molecule has 0 aliphatic carbocycles. The first-order chi connectivity index (χ1) is 9.33. The predicted octanol–water partition coefficient (Wildman–Crippen LogP) is 2.14. The second-order valence-corrected chi connectivity index (χ2v) is 6.32. The van der Waals surface area contributed by atoms with Crippen molar-refractivity contribution in [1.29, 1.82) is 0 Å². The first-order valence-corrected chi connectivity index (χ1v) is 6.99. The van der Waals surface area contributed by atoms with Gasteiger partial charge in [0.15, 0.2) is 0 Å². The van der Waals surface area contributed by atoms with Crippen LogP contribution in [0.1, 0.15) is 26.3 Å². The number of rotatable bonds is 4. The van der Waals surface area contributed by atoms with Gasteiger partial charge in [-0.2, -0.15) is 0 Å². The lowest BCUT2D eigenvalue weighted by molar-refractivity contribution is -0.146. The highest BCUT2D eigenvalue weighted by Gasteiger charge is 2.39. The summed E-state index contributed by atoms with van der Waals surface area (Å²) in [6, 6.07) is 9.46. The lowest BCUT2D eigenvalue weighted by atomic mass is 9.81. The number of benzene rings is 1. The second-order valence-electron chi connectivity index (χ2n) is 6.32. The van der Waals surface area contributed by atoms with E-state index in [0.717, 1.165) is 18.7 Å². The van der Waals surface area contributed by atoms with Crippen LogP contribution < -0.4 is 0 Å². The summed E-state index contributed by atoms with van der Waals surface area (Å²) in [4.78, 5) is 14.0. The summed E-state index contributed by atoms with van der Waals surface area (Å²) in [7, 11) is 0. The molecule has 0 saturated carbocycles. The van der Waals surface area contributed by atoms with Gasteiger partial charge in [0.05, 0.1) is 12.2 Å². The Balaban J connectivity index is 2.20. The third-order valence-electron chi connectivity index (χ3n) is 3.93. The fourth-order valence-electron chi connectivity index (χ4n) is 2.78. The van der Waals surface area contributed by atoms with Crippen LogP contribution in [0.2, 0.25) is 0 Å². The number of hydrogen-bond donors (Lipinski definition) is 1. The van der Waals surface area contributed by atoms with Crippen LogP contribution in [0.3, 0.4) is 0 Å². The van der Waals surface area contributed by atoms with Gasteiger partial charge in [-0.05, 0) is 26.3 Å². The highest BCUT2D eigenvalue weighted by Crippen LogP contribution is 2.27. The summed E-state index contributed by atoms with van der Waals surface area (Å²) in [5.74, 6) is -0.784. The van der Waals surface area contributed by atoms with Crippen molar-refractivity contribution in [1.82, 2.24) is 4.90 Å². The van der Waals surface area contributed by atoms with Crippen molar-refractivity contribution in [3.8, 4) is 0 Å². The summed E-state index contributed by atoms with van der Waals surface area (Å²) in [6.07, 6.45) is 0. The van der Waals surface area contributed by atoms with Gasteiger partial charge in [-0.3, -0.25) is 9.69 Å². The molecule has 0 radical (unpaired) electrons. The molecule has 1 saturated heterocycles. The maximum Gasteiger partial charge on any atom is 0.315 e. The zero-order valence-electron chi connectivity index (χ0n) is 12.4. The van der Waals surface area contributed by atoms with E-state index in [0.29, 0.717) is 13.2 Å². The third-order valence-corrected chi connectivity index (χ3v) is 3.93. The normalized spacial score (nSPS) is 22.1. The minimum absolute atomic E-state index is 0.214. The SMILES string of the molecule is CC1(C)CN(CC(C)(C(=O)O)c2ccccc2)CCO1. The van der Waals surface area contributed by atoms with Crippen LogP contribution in [0, 0.1) is 0 Å². The minimum atomic E-state index is -0.894. The standard InChI is InChI=1S/C16H23NO3/c1-15(2)11-17(9-10-20-15)12-16(3,14(18)19)13-7-5-4-6-8-13/h4-8H,9-12H2,1-3H3,(H,18,19). The number of morpholine rings is 1. The lowest BCUT2D eigenvalue weighted by Crippen LogP contribution is -2.53. The zero-order valence-corrected chi connectivity index (χ0v) is 12.4. The predicted molar refractivity (Wildman–Crippen MR) is 77.9 cm³/mol. The molecule has 1 aromatic carbocycles. The molecule has 1 aliphatic rings. The van der Waals surface area contributed by atoms with E-state index in [1.165, 1.54) is 0 Å². The van der Waals surface area contributed by atoms with E-state index in [-0.39, 0.29) is 5.60 Å². The van der Waals surface area contributed by atoms with Gasteiger partial charge in [-0.1, -0.05) is 30.3 Å². The van der Waals surface area contributed by atoms with E-state index in [2.05, 4.69) is 4.90 Å². The van der Waals surface area contributed by atoms with Gasteiger partial charge < -0.3 is 9.84 Å². The molecule has 1 unspecified atom stereocenters. The van der Waals surface area contributed by atoms with Crippen molar-refractivity contribution in [3.63, 3.8) is 0 Å². The summed E-state index contributed by atoms with van der Waals surface area (Å²) in [5.41, 5.74) is -0.264.